The molecule has 2 heterocycles. The van der Waals surface area contributed by atoms with Gasteiger partial charge in [-0.1, -0.05) is 11.6 Å². The summed E-state index contributed by atoms with van der Waals surface area (Å²) in [6.07, 6.45) is 3.13. The van der Waals surface area contributed by atoms with Gasteiger partial charge in [-0.3, -0.25) is 9.79 Å². The van der Waals surface area contributed by atoms with Crippen LogP contribution in [0.15, 0.2) is 34.1 Å². The summed E-state index contributed by atoms with van der Waals surface area (Å²) in [6, 6.07) is 6.68. The average Bonchev–Trinajstić information content (AvgIpc) is 3.17. The van der Waals surface area contributed by atoms with E-state index in [0.717, 1.165) is 12.8 Å². The lowest BCUT2D eigenvalue weighted by atomic mass is 10.1. The number of aromatic amines is 1. The van der Waals surface area contributed by atoms with Crippen molar-refractivity contribution < 1.29 is 14.6 Å². The number of pyridine rings is 1. The molecule has 0 spiro atoms. The van der Waals surface area contributed by atoms with Gasteiger partial charge in [-0.25, -0.2) is 4.79 Å². The summed E-state index contributed by atoms with van der Waals surface area (Å²) in [5.74, 6) is -0.830. The summed E-state index contributed by atoms with van der Waals surface area (Å²) in [6.45, 7) is 3.23. The van der Waals surface area contributed by atoms with Crippen LogP contribution in [0, 0.1) is 0 Å². The molecule has 27 heavy (non-hydrogen) atoms. The van der Waals surface area contributed by atoms with Gasteiger partial charge in [0, 0.05) is 24.3 Å². The van der Waals surface area contributed by atoms with Crippen LogP contribution in [0.3, 0.4) is 0 Å². The van der Waals surface area contributed by atoms with Crippen molar-refractivity contribution in [1.82, 2.24) is 4.98 Å². The fourth-order valence-corrected chi connectivity index (χ4v) is 3.08. The van der Waals surface area contributed by atoms with E-state index in [4.69, 9.17) is 16.3 Å². The third-order valence-corrected chi connectivity index (χ3v) is 4.53. The first-order chi connectivity index (χ1) is 13.0. The zero-order valence-corrected chi connectivity index (χ0v) is 15.6. The fraction of sp³-hybridized carbons (Fsp3) is 0.316. The highest BCUT2D eigenvalue weighted by atomic mass is 35.5. The summed E-state index contributed by atoms with van der Waals surface area (Å²) in [5, 5.41) is 11.2. The second-order valence-corrected chi connectivity index (χ2v) is 6.53. The molecule has 8 heteroatoms. The zero-order chi connectivity index (χ0) is 19.4. The first-order valence-corrected chi connectivity index (χ1v) is 9.10. The molecule has 1 saturated heterocycles. The van der Waals surface area contributed by atoms with Crippen LogP contribution >= 0.6 is 11.6 Å². The van der Waals surface area contributed by atoms with Crippen molar-refractivity contribution in [2.75, 3.05) is 24.6 Å². The average molecular weight is 390 g/mol. The second-order valence-electron chi connectivity index (χ2n) is 6.09. The lowest BCUT2D eigenvalue weighted by molar-refractivity contribution is 0.0523. The lowest BCUT2D eigenvalue weighted by Gasteiger charge is -2.21. The molecule has 142 valence electrons. The number of esters is 1. The second kappa shape index (κ2) is 8.26. The number of anilines is 1. The number of ether oxygens (including phenoxy) is 1. The Kier molecular flexibility index (Phi) is 5.81. The van der Waals surface area contributed by atoms with Crippen molar-refractivity contribution in [3.05, 3.63) is 50.8 Å². The maximum Gasteiger partial charge on any atom is 0.345 e. The van der Waals surface area contributed by atoms with Gasteiger partial charge in [0.2, 0.25) is 0 Å². The Balaban J connectivity index is 2.06. The van der Waals surface area contributed by atoms with Crippen LogP contribution in [0.25, 0.3) is 0 Å². The van der Waals surface area contributed by atoms with Gasteiger partial charge in [-0.2, -0.15) is 0 Å². The number of aliphatic imine (C=N–C) groups is 1. The minimum atomic E-state index is -0.686. The molecular weight excluding hydrogens is 370 g/mol. The normalized spacial score (nSPS) is 14.1. The molecular formula is C19H20ClN3O4. The Bertz CT molecular complexity index is 916. The summed E-state index contributed by atoms with van der Waals surface area (Å²) in [5.41, 5.74) is -0.119. The van der Waals surface area contributed by atoms with E-state index in [0.29, 0.717) is 23.8 Å². The van der Waals surface area contributed by atoms with Gasteiger partial charge in [-0.05, 0) is 44.0 Å². The minimum absolute atomic E-state index is 0.0455. The Morgan fingerprint density at radius 3 is 2.63 bits per heavy atom. The number of aromatic hydroxyl groups is 1. The lowest BCUT2D eigenvalue weighted by Crippen LogP contribution is -2.27. The Morgan fingerprint density at radius 1 is 1.33 bits per heavy atom. The van der Waals surface area contributed by atoms with Crippen LogP contribution in [0.1, 0.15) is 35.7 Å². The number of halogens is 1. The molecule has 1 aliphatic rings. The van der Waals surface area contributed by atoms with E-state index in [1.807, 2.05) is 4.90 Å². The van der Waals surface area contributed by atoms with Crippen LogP contribution in [-0.2, 0) is 4.74 Å². The number of H-pyrrole nitrogens is 1. The molecule has 1 fully saturated rings. The summed E-state index contributed by atoms with van der Waals surface area (Å²) in [7, 11) is 0. The number of carbonyl (C=O) groups excluding carboxylic acids is 1. The van der Waals surface area contributed by atoms with Gasteiger partial charge in [-0.15, -0.1) is 0 Å². The van der Waals surface area contributed by atoms with E-state index in [2.05, 4.69) is 9.98 Å². The van der Waals surface area contributed by atoms with Crippen LogP contribution in [0.5, 0.6) is 5.75 Å². The van der Waals surface area contributed by atoms with Crippen molar-refractivity contribution in [3.8, 4) is 5.75 Å². The summed E-state index contributed by atoms with van der Waals surface area (Å²) in [4.78, 5) is 33.7. The molecule has 2 aromatic rings. The van der Waals surface area contributed by atoms with E-state index in [-0.39, 0.29) is 23.6 Å². The maximum atomic E-state index is 12.5. The van der Waals surface area contributed by atoms with E-state index in [1.165, 1.54) is 6.21 Å². The molecule has 3 rings (SSSR count). The number of carbonyl (C=O) groups is 1. The SMILES string of the molecule is CCOC(=O)c1c(N2CCCC2)[nH]c(=O)c(C=Nc2ccc(Cl)cc2)c1O. The van der Waals surface area contributed by atoms with Crippen LogP contribution < -0.4 is 10.5 Å². The largest absolute Gasteiger partial charge is 0.506 e. The summed E-state index contributed by atoms with van der Waals surface area (Å²) < 4.78 is 5.07. The van der Waals surface area contributed by atoms with Crippen LogP contribution in [0.4, 0.5) is 11.5 Å². The van der Waals surface area contributed by atoms with Gasteiger partial charge < -0.3 is 19.7 Å². The Labute approximate surface area is 161 Å². The number of nitrogens with one attached hydrogen (secondary N) is 1. The number of rotatable bonds is 5. The third kappa shape index (κ3) is 4.14. The van der Waals surface area contributed by atoms with Gasteiger partial charge in [0.05, 0.1) is 12.3 Å². The number of nitrogens with zero attached hydrogens (tertiary/aromatic N) is 2. The minimum Gasteiger partial charge on any atom is -0.506 e. The standard InChI is InChI=1S/C19H20ClN3O4/c1-2-27-19(26)15-16(24)14(11-21-13-7-5-12(20)6-8-13)18(25)22-17(15)23-9-3-4-10-23/h5-8,11H,2-4,9-10H2,1H3,(H2,22,24,25). The molecule has 7 nitrogen and oxygen atoms in total. The smallest absolute Gasteiger partial charge is 0.345 e. The number of aromatic nitrogens is 1. The Morgan fingerprint density at radius 2 is 2.00 bits per heavy atom. The highest BCUT2D eigenvalue weighted by molar-refractivity contribution is 6.30. The summed E-state index contributed by atoms with van der Waals surface area (Å²) >= 11 is 5.84. The van der Waals surface area contributed by atoms with Crippen molar-refractivity contribution in [2.24, 2.45) is 4.99 Å². The topological polar surface area (TPSA) is 95.0 Å². The van der Waals surface area contributed by atoms with Gasteiger partial charge in [0.25, 0.3) is 5.56 Å². The molecule has 0 bridgehead atoms. The molecule has 0 amide bonds. The van der Waals surface area contributed by atoms with E-state index < -0.39 is 17.3 Å². The molecule has 0 unspecified atom stereocenters. The monoisotopic (exact) mass is 389 g/mol. The molecule has 1 aromatic heterocycles. The predicted octanol–water partition coefficient (Wildman–Crippen LogP) is 3.26. The maximum absolute atomic E-state index is 12.5. The third-order valence-electron chi connectivity index (χ3n) is 4.28. The highest BCUT2D eigenvalue weighted by Gasteiger charge is 2.27. The number of hydrogen-bond acceptors (Lipinski definition) is 6. The van der Waals surface area contributed by atoms with E-state index in [1.54, 1.807) is 31.2 Å². The quantitative estimate of drug-likeness (QED) is 0.604. The van der Waals surface area contributed by atoms with Crippen molar-refractivity contribution >= 4 is 35.3 Å². The van der Waals surface area contributed by atoms with Gasteiger partial charge in [0.15, 0.2) is 0 Å². The van der Waals surface area contributed by atoms with E-state index in [9.17, 15) is 14.7 Å². The first-order valence-electron chi connectivity index (χ1n) is 8.72. The molecule has 1 aliphatic heterocycles. The predicted molar refractivity (Wildman–Crippen MR) is 105 cm³/mol. The van der Waals surface area contributed by atoms with E-state index >= 15 is 0 Å². The number of benzene rings is 1. The van der Waals surface area contributed by atoms with Gasteiger partial charge in [0.1, 0.15) is 22.7 Å². The van der Waals surface area contributed by atoms with Crippen molar-refractivity contribution in [2.45, 2.75) is 19.8 Å². The highest BCUT2D eigenvalue weighted by Crippen LogP contribution is 2.30. The molecule has 0 aliphatic carbocycles. The van der Waals surface area contributed by atoms with Crippen molar-refractivity contribution in [1.29, 1.82) is 0 Å². The molecule has 0 radical (unpaired) electrons. The zero-order valence-electron chi connectivity index (χ0n) is 14.9. The molecule has 1 aromatic carbocycles. The Hall–Kier alpha value is -2.80. The van der Waals surface area contributed by atoms with Crippen LogP contribution in [0.2, 0.25) is 5.02 Å². The number of hydrogen-bond donors (Lipinski definition) is 2. The first kappa shape index (κ1) is 19.0. The molecule has 0 atom stereocenters. The molecule has 0 saturated carbocycles. The molecule has 2 N–H and O–H groups in total. The van der Waals surface area contributed by atoms with Crippen LogP contribution in [-0.4, -0.2) is 42.0 Å². The van der Waals surface area contributed by atoms with Crippen molar-refractivity contribution in [3.63, 3.8) is 0 Å². The van der Waals surface area contributed by atoms with Gasteiger partial charge >= 0.3 is 5.97 Å². The fourth-order valence-electron chi connectivity index (χ4n) is 2.95.